The second kappa shape index (κ2) is 8.12. The van der Waals surface area contributed by atoms with Crippen molar-refractivity contribution in [2.45, 2.75) is 35.7 Å². The summed E-state index contributed by atoms with van der Waals surface area (Å²) in [4.78, 5) is 23.1. The summed E-state index contributed by atoms with van der Waals surface area (Å²) in [7, 11) is -2.24. The molecular formula is C19H21ClN4O3S2. The fraction of sp³-hybridized carbons (Fsp3) is 0.421. The molecule has 10 heteroatoms. The smallest absolute Gasteiger partial charge is 0.267 e. The van der Waals surface area contributed by atoms with Crippen LogP contribution in [0.4, 0.5) is 5.69 Å². The van der Waals surface area contributed by atoms with E-state index in [1.54, 1.807) is 18.2 Å². The van der Waals surface area contributed by atoms with Crippen molar-refractivity contribution in [2.24, 2.45) is 0 Å². The van der Waals surface area contributed by atoms with Gasteiger partial charge in [-0.25, -0.2) is 18.4 Å². The minimum atomic E-state index is -3.74. The number of hydrogen-bond acceptors (Lipinski definition) is 6. The number of fused-ring (bicyclic) bond motifs is 3. The number of sulfonamides is 1. The summed E-state index contributed by atoms with van der Waals surface area (Å²) >= 11 is 7.36. The topological polar surface area (TPSA) is 83.5 Å². The van der Waals surface area contributed by atoms with Gasteiger partial charge in [-0.2, -0.15) is 0 Å². The third kappa shape index (κ3) is 3.95. The van der Waals surface area contributed by atoms with Crippen molar-refractivity contribution in [1.29, 1.82) is 0 Å². The predicted octanol–water partition coefficient (Wildman–Crippen LogP) is 3.43. The number of thioether (sulfide) groups is 1. The van der Waals surface area contributed by atoms with Crippen LogP contribution in [-0.4, -0.2) is 55.1 Å². The highest BCUT2D eigenvalue weighted by Gasteiger charge is 2.34. The molecule has 1 amide bonds. The Morgan fingerprint density at radius 2 is 1.93 bits per heavy atom. The monoisotopic (exact) mass is 452 g/mol. The Labute approximate surface area is 179 Å². The fourth-order valence-corrected chi connectivity index (χ4v) is 5.78. The third-order valence-corrected chi connectivity index (χ3v) is 8.06. The van der Waals surface area contributed by atoms with Crippen molar-refractivity contribution >= 4 is 45.0 Å². The van der Waals surface area contributed by atoms with Gasteiger partial charge in [-0.3, -0.25) is 9.10 Å². The molecule has 1 fully saturated rings. The second-order valence-electron chi connectivity index (χ2n) is 7.08. The first-order valence-electron chi connectivity index (χ1n) is 9.44. The first-order valence-corrected chi connectivity index (χ1v) is 12.2. The quantitative estimate of drug-likeness (QED) is 0.524. The van der Waals surface area contributed by atoms with Crippen molar-refractivity contribution in [3.63, 3.8) is 0 Å². The largest absolute Gasteiger partial charge is 0.342 e. The van der Waals surface area contributed by atoms with E-state index in [2.05, 4.69) is 9.97 Å². The van der Waals surface area contributed by atoms with Gasteiger partial charge in [-0.15, -0.1) is 0 Å². The molecule has 1 saturated heterocycles. The number of nitrogens with zero attached hydrogens (tertiary/aromatic N) is 4. The molecule has 154 valence electrons. The van der Waals surface area contributed by atoms with Gasteiger partial charge in [-0.1, -0.05) is 36.2 Å². The molecule has 0 unspecified atom stereocenters. The summed E-state index contributed by atoms with van der Waals surface area (Å²) in [6, 6.07) is 5.01. The first kappa shape index (κ1) is 20.4. The normalized spacial score (nSPS) is 18.0. The van der Waals surface area contributed by atoms with Gasteiger partial charge < -0.3 is 4.90 Å². The van der Waals surface area contributed by atoms with Crippen molar-refractivity contribution in [1.82, 2.24) is 14.9 Å². The number of hydrogen-bond donors (Lipinski definition) is 0. The number of halogens is 1. The van der Waals surface area contributed by atoms with E-state index in [-0.39, 0.29) is 16.6 Å². The van der Waals surface area contributed by atoms with Crippen molar-refractivity contribution in [3.8, 4) is 11.3 Å². The maximum absolute atomic E-state index is 12.8. The van der Waals surface area contributed by atoms with E-state index >= 15 is 0 Å². The van der Waals surface area contributed by atoms with Crippen LogP contribution in [0.5, 0.6) is 0 Å². The van der Waals surface area contributed by atoms with Crippen molar-refractivity contribution < 1.29 is 13.2 Å². The molecule has 7 nitrogen and oxygen atoms in total. The zero-order valence-corrected chi connectivity index (χ0v) is 18.4. The Morgan fingerprint density at radius 1 is 1.21 bits per heavy atom. The van der Waals surface area contributed by atoms with Crippen LogP contribution in [0.1, 0.15) is 25.7 Å². The third-order valence-electron chi connectivity index (χ3n) is 5.21. The van der Waals surface area contributed by atoms with Crippen LogP contribution in [0.3, 0.4) is 0 Å². The molecule has 0 atom stereocenters. The summed E-state index contributed by atoms with van der Waals surface area (Å²) in [6.45, 7) is 1.59. The molecule has 0 radical (unpaired) electrons. The Balaban J connectivity index is 1.61. The van der Waals surface area contributed by atoms with E-state index in [1.165, 1.54) is 29.3 Å². The molecule has 2 aliphatic heterocycles. The first-order chi connectivity index (χ1) is 13.9. The number of likely N-dealkylation sites (tertiary alicyclic amines) is 1. The molecule has 1 aromatic carbocycles. The van der Waals surface area contributed by atoms with Crippen LogP contribution in [0.15, 0.2) is 34.4 Å². The number of carbonyl (C=O) groups excluding carboxylic acids is 1. The lowest BCUT2D eigenvalue weighted by atomic mass is 10.1. The number of carbonyl (C=O) groups is 1. The summed E-state index contributed by atoms with van der Waals surface area (Å²) in [5.74, 6) is 0.294. The highest BCUT2D eigenvalue weighted by atomic mass is 35.5. The number of amides is 1. The maximum atomic E-state index is 12.8. The maximum Gasteiger partial charge on any atom is 0.267 e. The molecule has 4 rings (SSSR count). The Kier molecular flexibility index (Phi) is 5.72. The summed E-state index contributed by atoms with van der Waals surface area (Å²) in [6.07, 6.45) is 5.71. The Hall–Kier alpha value is -1.84. The van der Waals surface area contributed by atoms with Gasteiger partial charge in [0.2, 0.25) is 5.91 Å². The van der Waals surface area contributed by atoms with Crippen LogP contribution in [0, 0.1) is 0 Å². The summed E-state index contributed by atoms with van der Waals surface area (Å²) < 4.78 is 26.8. The van der Waals surface area contributed by atoms with Crippen molar-refractivity contribution in [3.05, 3.63) is 29.4 Å². The van der Waals surface area contributed by atoms with Gasteiger partial charge in [0.25, 0.3) is 10.0 Å². The zero-order chi connectivity index (χ0) is 20.6. The lowest BCUT2D eigenvalue weighted by Crippen LogP contribution is -2.33. The molecule has 29 heavy (non-hydrogen) atoms. The van der Waals surface area contributed by atoms with Gasteiger partial charge in [0.1, 0.15) is 4.90 Å². The lowest BCUT2D eigenvalue weighted by molar-refractivity contribution is -0.128. The molecule has 0 spiro atoms. The second-order valence-corrected chi connectivity index (χ2v) is 10.4. The Morgan fingerprint density at radius 3 is 2.66 bits per heavy atom. The van der Waals surface area contributed by atoms with E-state index < -0.39 is 10.0 Å². The zero-order valence-electron chi connectivity index (χ0n) is 16.0. The number of rotatable bonds is 3. The number of benzene rings is 1. The predicted molar refractivity (Wildman–Crippen MR) is 114 cm³/mol. The molecule has 0 saturated carbocycles. The molecule has 0 aliphatic carbocycles. The average molecular weight is 453 g/mol. The summed E-state index contributed by atoms with van der Waals surface area (Å²) in [5, 5.41) is 0.865. The summed E-state index contributed by atoms with van der Waals surface area (Å²) in [5.41, 5.74) is 1.46. The van der Waals surface area contributed by atoms with Crippen LogP contribution < -0.4 is 4.31 Å². The van der Waals surface area contributed by atoms with Crippen LogP contribution in [0.25, 0.3) is 11.3 Å². The molecule has 0 N–H and O–H groups in total. The van der Waals surface area contributed by atoms with E-state index in [0.29, 0.717) is 27.1 Å². The number of aromatic nitrogens is 2. The lowest BCUT2D eigenvalue weighted by Gasteiger charge is -2.28. The van der Waals surface area contributed by atoms with E-state index in [9.17, 15) is 13.2 Å². The van der Waals surface area contributed by atoms with Crippen LogP contribution >= 0.6 is 23.4 Å². The van der Waals surface area contributed by atoms with Crippen LogP contribution in [-0.2, 0) is 14.8 Å². The van der Waals surface area contributed by atoms with Gasteiger partial charge in [0.05, 0.1) is 23.3 Å². The molecule has 0 bridgehead atoms. The molecule has 2 aliphatic rings. The minimum absolute atomic E-state index is 0.0398. The standard InChI is InChI=1S/C19H21ClN4O3S2/c1-23-15-7-6-13(20)10-14(15)18-16(29(23,26)27)11-21-19(22-18)28-12-17(25)24-8-4-2-3-5-9-24/h6-7,10-11H,2-5,8-9,12H2,1H3. The van der Waals surface area contributed by atoms with Crippen LogP contribution in [0.2, 0.25) is 5.02 Å². The van der Waals surface area contributed by atoms with Gasteiger partial charge in [0.15, 0.2) is 5.16 Å². The number of anilines is 1. The van der Waals surface area contributed by atoms with E-state index in [0.717, 1.165) is 38.8 Å². The van der Waals surface area contributed by atoms with E-state index in [4.69, 9.17) is 11.6 Å². The average Bonchev–Trinajstić information content (AvgIpc) is 3.00. The molecule has 1 aromatic heterocycles. The Bertz CT molecular complexity index is 1050. The molecule has 3 heterocycles. The fourth-order valence-electron chi connectivity index (χ4n) is 3.59. The van der Waals surface area contributed by atoms with Crippen molar-refractivity contribution in [2.75, 3.05) is 30.2 Å². The van der Waals surface area contributed by atoms with Gasteiger partial charge in [-0.05, 0) is 31.0 Å². The highest BCUT2D eigenvalue weighted by molar-refractivity contribution is 7.99. The van der Waals surface area contributed by atoms with E-state index in [1.807, 2.05) is 4.90 Å². The highest BCUT2D eigenvalue weighted by Crippen LogP contribution is 2.42. The van der Waals surface area contributed by atoms with Gasteiger partial charge >= 0.3 is 0 Å². The minimum Gasteiger partial charge on any atom is -0.342 e. The van der Waals surface area contributed by atoms with Gasteiger partial charge in [0, 0.05) is 30.7 Å². The molecule has 2 aromatic rings. The molecular weight excluding hydrogens is 432 g/mol. The SMILES string of the molecule is CN1c2ccc(Cl)cc2-c2nc(SCC(=O)N3CCCCCC3)ncc2S1(=O)=O.